The van der Waals surface area contributed by atoms with Crippen molar-refractivity contribution in [3.63, 3.8) is 0 Å². The summed E-state index contributed by atoms with van der Waals surface area (Å²) in [6.07, 6.45) is 2.16. The minimum absolute atomic E-state index is 0.369. The van der Waals surface area contributed by atoms with Crippen LogP contribution in [0.1, 0.15) is 18.4 Å². The van der Waals surface area contributed by atoms with Gasteiger partial charge in [-0.15, -0.1) is 10.2 Å². The van der Waals surface area contributed by atoms with Gasteiger partial charge in [-0.3, -0.25) is 4.90 Å². The third-order valence-electron chi connectivity index (χ3n) is 8.08. The maximum atomic E-state index is 4.75. The van der Waals surface area contributed by atoms with Crippen molar-refractivity contribution < 1.29 is 0 Å². The molecule has 0 aliphatic carbocycles. The molecule has 0 amide bonds. The Morgan fingerprint density at radius 3 is 2.08 bits per heavy atom. The molecule has 0 unspecified atom stereocenters. The molecule has 2 heterocycles. The standard InChI is InChI=1S/C36H32N4/c1-3-9-27(10-4-1)31-17-18-33-34(24-31)36(39-38-35(33)29-12-5-2-6-13-29)37-32-19-21-40(22-20-32)25-26-15-16-28-11-7-8-14-30(28)23-26/h1-18,23-24,32H,19-22,25H2,(H,37,39). The molecule has 1 fully saturated rings. The van der Waals surface area contributed by atoms with E-state index in [1.165, 1.54) is 27.5 Å². The van der Waals surface area contributed by atoms with Gasteiger partial charge in [0.05, 0.1) is 0 Å². The average Bonchev–Trinajstić information content (AvgIpc) is 3.03. The van der Waals surface area contributed by atoms with Crippen LogP contribution in [0.5, 0.6) is 0 Å². The van der Waals surface area contributed by atoms with Crippen LogP contribution < -0.4 is 5.32 Å². The van der Waals surface area contributed by atoms with Crippen LogP contribution >= 0.6 is 0 Å². The Kier molecular flexibility index (Phi) is 6.68. The summed E-state index contributed by atoms with van der Waals surface area (Å²) in [5.41, 5.74) is 5.78. The van der Waals surface area contributed by atoms with Gasteiger partial charge in [0, 0.05) is 42.0 Å². The largest absolute Gasteiger partial charge is 0.365 e. The zero-order valence-electron chi connectivity index (χ0n) is 22.5. The monoisotopic (exact) mass is 520 g/mol. The number of nitrogens with one attached hydrogen (secondary N) is 1. The second-order valence-corrected chi connectivity index (χ2v) is 10.8. The van der Waals surface area contributed by atoms with E-state index in [9.17, 15) is 0 Å². The van der Waals surface area contributed by atoms with Gasteiger partial charge in [0.1, 0.15) is 5.69 Å². The van der Waals surface area contributed by atoms with Gasteiger partial charge < -0.3 is 5.32 Å². The van der Waals surface area contributed by atoms with Gasteiger partial charge in [0.25, 0.3) is 0 Å². The predicted molar refractivity (Wildman–Crippen MR) is 166 cm³/mol. The lowest BCUT2D eigenvalue weighted by Gasteiger charge is -2.32. The lowest BCUT2D eigenvalue weighted by Crippen LogP contribution is -2.38. The molecule has 1 aliphatic rings. The van der Waals surface area contributed by atoms with Gasteiger partial charge in [-0.25, -0.2) is 0 Å². The second kappa shape index (κ2) is 10.9. The topological polar surface area (TPSA) is 41.1 Å². The van der Waals surface area contributed by atoms with Crippen molar-refractivity contribution in [3.05, 3.63) is 127 Å². The molecular weight excluding hydrogens is 488 g/mol. The zero-order chi connectivity index (χ0) is 26.7. The molecule has 1 N–H and O–H groups in total. The fourth-order valence-corrected chi connectivity index (χ4v) is 5.90. The smallest absolute Gasteiger partial charge is 0.156 e. The number of benzene rings is 5. The number of likely N-dealkylation sites (tertiary alicyclic amines) is 1. The summed E-state index contributed by atoms with van der Waals surface area (Å²) in [6, 6.07) is 43.4. The van der Waals surface area contributed by atoms with Gasteiger partial charge in [0.2, 0.25) is 0 Å². The summed E-state index contributed by atoms with van der Waals surface area (Å²) in [4.78, 5) is 2.57. The fraction of sp³-hybridized carbons (Fsp3) is 0.167. The number of fused-ring (bicyclic) bond motifs is 2. The van der Waals surface area contributed by atoms with Gasteiger partial charge in [0.15, 0.2) is 5.82 Å². The molecule has 6 aromatic rings. The minimum Gasteiger partial charge on any atom is -0.365 e. The van der Waals surface area contributed by atoms with Crippen molar-refractivity contribution in [2.75, 3.05) is 18.4 Å². The first kappa shape index (κ1) is 24.5. The van der Waals surface area contributed by atoms with Crippen LogP contribution in [-0.4, -0.2) is 34.2 Å². The summed E-state index contributed by atoms with van der Waals surface area (Å²) < 4.78 is 0. The molecular formula is C36H32N4. The zero-order valence-corrected chi connectivity index (χ0v) is 22.5. The Balaban J connectivity index is 1.12. The molecule has 0 radical (unpaired) electrons. The molecule has 40 heavy (non-hydrogen) atoms. The van der Waals surface area contributed by atoms with E-state index in [2.05, 4.69) is 125 Å². The number of anilines is 1. The average molecular weight is 521 g/mol. The number of aromatic nitrogens is 2. The second-order valence-electron chi connectivity index (χ2n) is 10.8. The van der Waals surface area contributed by atoms with E-state index < -0.39 is 0 Å². The number of rotatable bonds is 6. The summed E-state index contributed by atoms with van der Waals surface area (Å²) in [7, 11) is 0. The van der Waals surface area contributed by atoms with Gasteiger partial charge >= 0.3 is 0 Å². The summed E-state index contributed by atoms with van der Waals surface area (Å²) in [5.74, 6) is 0.875. The van der Waals surface area contributed by atoms with Crippen molar-refractivity contribution in [3.8, 4) is 22.4 Å². The van der Waals surface area contributed by atoms with Crippen LogP contribution in [0.15, 0.2) is 121 Å². The number of hydrogen-bond acceptors (Lipinski definition) is 4. The molecule has 196 valence electrons. The maximum Gasteiger partial charge on any atom is 0.156 e. The van der Waals surface area contributed by atoms with E-state index >= 15 is 0 Å². The van der Waals surface area contributed by atoms with Crippen molar-refractivity contribution in [1.29, 1.82) is 0 Å². The van der Waals surface area contributed by atoms with Gasteiger partial charge in [-0.1, -0.05) is 109 Å². The number of nitrogens with zero attached hydrogens (tertiary/aromatic N) is 3. The van der Waals surface area contributed by atoms with E-state index in [1.54, 1.807) is 0 Å². The van der Waals surface area contributed by atoms with Crippen LogP contribution in [0, 0.1) is 0 Å². The molecule has 1 aliphatic heterocycles. The first-order valence-electron chi connectivity index (χ1n) is 14.2. The number of hydrogen-bond donors (Lipinski definition) is 1. The van der Waals surface area contributed by atoms with Gasteiger partial charge in [-0.2, -0.15) is 0 Å². The molecule has 5 aromatic carbocycles. The minimum atomic E-state index is 0.369. The Hall–Kier alpha value is -4.54. The quantitative estimate of drug-likeness (QED) is 0.240. The molecule has 0 atom stereocenters. The number of piperidine rings is 1. The highest BCUT2D eigenvalue weighted by Gasteiger charge is 2.21. The third kappa shape index (κ3) is 5.06. The van der Waals surface area contributed by atoms with Crippen molar-refractivity contribution in [2.45, 2.75) is 25.4 Å². The lowest BCUT2D eigenvalue weighted by atomic mass is 9.98. The molecule has 1 aromatic heterocycles. The molecule has 7 rings (SSSR count). The van der Waals surface area contributed by atoms with E-state index in [4.69, 9.17) is 10.2 Å². The Morgan fingerprint density at radius 2 is 1.30 bits per heavy atom. The van der Waals surface area contributed by atoms with Crippen LogP contribution in [0.4, 0.5) is 5.82 Å². The normalized spacial score (nSPS) is 14.5. The fourth-order valence-electron chi connectivity index (χ4n) is 5.90. The Morgan fingerprint density at radius 1 is 0.600 bits per heavy atom. The predicted octanol–water partition coefficient (Wildman–Crippen LogP) is 8.19. The molecule has 4 nitrogen and oxygen atoms in total. The first-order valence-corrected chi connectivity index (χ1v) is 14.2. The molecule has 1 saturated heterocycles. The molecule has 4 heteroatoms. The van der Waals surface area contributed by atoms with Crippen molar-refractivity contribution >= 4 is 27.4 Å². The summed E-state index contributed by atoms with van der Waals surface area (Å²) in [5, 5.41) is 18.1. The summed E-state index contributed by atoms with van der Waals surface area (Å²) in [6.45, 7) is 3.12. The van der Waals surface area contributed by atoms with Crippen LogP contribution in [0.25, 0.3) is 43.9 Å². The SMILES string of the molecule is c1ccc(-c2ccc3c(-c4ccccc4)nnc(NC4CCN(Cc5ccc6ccccc6c5)CC4)c3c2)cc1. The lowest BCUT2D eigenvalue weighted by molar-refractivity contribution is 0.211. The van der Waals surface area contributed by atoms with E-state index in [0.717, 1.165) is 60.3 Å². The van der Waals surface area contributed by atoms with Crippen LogP contribution in [0.2, 0.25) is 0 Å². The maximum absolute atomic E-state index is 4.75. The highest BCUT2D eigenvalue weighted by molar-refractivity contribution is 6.02. The first-order chi connectivity index (χ1) is 19.8. The van der Waals surface area contributed by atoms with E-state index in [0.29, 0.717) is 6.04 Å². The van der Waals surface area contributed by atoms with Crippen molar-refractivity contribution in [1.82, 2.24) is 15.1 Å². The molecule has 0 saturated carbocycles. The van der Waals surface area contributed by atoms with E-state index in [-0.39, 0.29) is 0 Å². The molecule has 0 spiro atoms. The van der Waals surface area contributed by atoms with Crippen molar-refractivity contribution in [2.24, 2.45) is 0 Å². The molecule has 0 bridgehead atoms. The third-order valence-corrected chi connectivity index (χ3v) is 8.08. The van der Waals surface area contributed by atoms with Gasteiger partial charge in [-0.05, 0) is 52.4 Å². The highest BCUT2D eigenvalue weighted by Crippen LogP contribution is 2.34. The highest BCUT2D eigenvalue weighted by atomic mass is 15.2. The summed E-state index contributed by atoms with van der Waals surface area (Å²) >= 11 is 0. The van der Waals surface area contributed by atoms with E-state index in [1.807, 2.05) is 6.07 Å². The van der Waals surface area contributed by atoms with Crippen LogP contribution in [-0.2, 0) is 6.54 Å². The van der Waals surface area contributed by atoms with Crippen LogP contribution in [0.3, 0.4) is 0 Å². The Bertz CT molecular complexity index is 1760. The Labute approximate surface area is 235 Å².